The van der Waals surface area contributed by atoms with Gasteiger partial charge in [-0.2, -0.15) is 0 Å². The summed E-state index contributed by atoms with van der Waals surface area (Å²) >= 11 is 17.2. The summed E-state index contributed by atoms with van der Waals surface area (Å²) in [7, 11) is 0. The van der Waals surface area contributed by atoms with E-state index < -0.39 is 0 Å². The summed E-state index contributed by atoms with van der Waals surface area (Å²) in [5, 5.41) is 1.09. The lowest BCUT2D eigenvalue weighted by molar-refractivity contribution is 1.31. The molecule has 2 aromatic rings. The van der Waals surface area contributed by atoms with Crippen LogP contribution in [0, 0.1) is 0 Å². The molecule has 1 aromatic heterocycles. The number of hydrogen-bond donors (Lipinski definition) is 1. The van der Waals surface area contributed by atoms with E-state index in [0.29, 0.717) is 10.0 Å². The Labute approximate surface area is 88.7 Å². The maximum atomic E-state index is 5.82. The highest BCUT2D eigenvalue weighted by Crippen LogP contribution is 2.31. The molecule has 0 radical (unpaired) electrons. The molecule has 0 fully saturated rings. The number of nitrogens with zero attached hydrogens (tertiary/aromatic N) is 1. The number of aromatic nitrogens is 1. The van der Waals surface area contributed by atoms with Crippen molar-refractivity contribution in [3.05, 3.63) is 22.2 Å². The van der Waals surface area contributed by atoms with E-state index in [1.807, 2.05) is 0 Å². The molecule has 0 amide bonds. The molecule has 0 spiro atoms. The fourth-order valence-electron chi connectivity index (χ4n) is 0.911. The second-order valence-electron chi connectivity index (χ2n) is 2.23. The van der Waals surface area contributed by atoms with Crippen LogP contribution >= 0.6 is 47.2 Å². The smallest absolute Gasteiger partial charge is 0.148 e. The molecule has 0 unspecified atom stereocenters. The number of fused-ring (bicyclic) bond motifs is 1. The van der Waals surface area contributed by atoms with Gasteiger partial charge in [0.05, 0.1) is 20.3 Å². The molecule has 0 bridgehead atoms. The Bertz CT molecular complexity index is 399. The Kier molecular flexibility index (Phi) is 2.21. The van der Waals surface area contributed by atoms with Crippen LogP contribution in [0.25, 0.3) is 10.2 Å². The summed E-state index contributed by atoms with van der Waals surface area (Å²) in [4.78, 5) is 4.15. The molecular formula is C7H3Cl2NS2. The van der Waals surface area contributed by atoms with E-state index in [4.69, 9.17) is 23.2 Å². The molecule has 1 heterocycles. The molecule has 12 heavy (non-hydrogen) atoms. The average molecular weight is 236 g/mol. The van der Waals surface area contributed by atoms with E-state index in [9.17, 15) is 0 Å². The maximum absolute atomic E-state index is 5.82. The Morgan fingerprint density at radius 1 is 1.25 bits per heavy atom. The van der Waals surface area contributed by atoms with Crippen molar-refractivity contribution in [3.8, 4) is 0 Å². The minimum absolute atomic E-state index is 0.530. The Morgan fingerprint density at radius 2 is 1.92 bits per heavy atom. The third-order valence-electron chi connectivity index (χ3n) is 1.42. The topological polar surface area (TPSA) is 12.9 Å². The fourth-order valence-corrected chi connectivity index (χ4v) is 2.43. The highest BCUT2D eigenvalue weighted by molar-refractivity contribution is 7.82. The summed E-state index contributed by atoms with van der Waals surface area (Å²) < 4.78 is 1.73. The van der Waals surface area contributed by atoms with Crippen LogP contribution in [0.2, 0.25) is 10.0 Å². The van der Waals surface area contributed by atoms with Gasteiger partial charge in [0.25, 0.3) is 0 Å². The lowest BCUT2D eigenvalue weighted by Gasteiger charge is -1.92. The molecule has 62 valence electrons. The number of thiazole rings is 1. The van der Waals surface area contributed by atoms with E-state index in [0.717, 1.165) is 14.6 Å². The van der Waals surface area contributed by atoms with Crippen molar-refractivity contribution in [2.75, 3.05) is 0 Å². The van der Waals surface area contributed by atoms with Crippen molar-refractivity contribution in [2.24, 2.45) is 0 Å². The molecule has 0 N–H and O–H groups in total. The Balaban J connectivity index is 2.83. The zero-order valence-electron chi connectivity index (χ0n) is 5.71. The average Bonchev–Trinajstić information content (AvgIpc) is 2.30. The molecule has 1 nitrogen and oxygen atoms in total. The first-order valence-electron chi connectivity index (χ1n) is 3.11. The van der Waals surface area contributed by atoms with Crippen LogP contribution in [0.15, 0.2) is 16.5 Å². The van der Waals surface area contributed by atoms with E-state index in [1.165, 1.54) is 11.3 Å². The number of thiol groups is 1. The number of hydrogen-bond acceptors (Lipinski definition) is 3. The van der Waals surface area contributed by atoms with Gasteiger partial charge in [-0.15, -0.1) is 24.0 Å². The van der Waals surface area contributed by atoms with Gasteiger partial charge in [-0.1, -0.05) is 23.2 Å². The largest absolute Gasteiger partial charge is 0.230 e. The lowest BCUT2D eigenvalue weighted by atomic mass is 10.3. The molecule has 0 aliphatic rings. The third-order valence-corrected chi connectivity index (χ3v) is 3.34. The molecule has 1 aromatic carbocycles. The van der Waals surface area contributed by atoms with E-state index in [1.54, 1.807) is 12.1 Å². The summed E-state index contributed by atoms with van der Waals surface area (Å²) in [5.74, 6) is 0. The monoisotopic (exact) mass is 235 g/mol. The standard InChI is InChI=1S/C7H3Cl2NS2/c8-3-1-5-6(2-4(3)9)12-7(11)10-5/h1-2H,(H,10,11). The second kappa shape index (κ2) is 3.07. The highest BCUT2D eigenvalue weighted by atomic mass is 35.5. The van der Waals surface area contributed by atoms with Gasteiger partial charge in [-0.3, -0.25) is 0 Å². The lowest BCUT2D eigenvalue weighted by Crippen LogP contribution is -1.70. The molecular weight excluding hydrogens is 233 g/mol. The van der Waals surface area contributed by atoms with Gasteiger partial charge in [0, 0.05) is 0 Å². The predicted octanol–water partition coefficient (Wildman–Crippen LogP) is 3.89. The summed E-state index contributed by atoms with van der Waals surface area (Å²) in [6, 6.07) is 3.55. The van der Waals surface area contributed by atoms with Crippen LogP contribution in [0.5, 0.6) is 0 Å². The quantitative estimate of drug-likeness (QED) is 0.684. The third kappa shape index (κ3) is 1.42. The first kappa shape index (κ1) is 8.63. The van der Waals surface area contributed by atoms with Crippen LogP contribution in [-0.2, 0) is 0 Å². The van der Waals surface area contributed by atoms with E-state index in [-0.39, 0.29) is 0 Å². The van der Waals surface area contributed by atoms with Crippen molar-refractivity contribution in [1.29, 1.82) is 0 Å². The summed E-state index contributed by atoms with van der Waals surface area (Å²) in [6.45, 7) is 0. The van der Waals surface area contributed by atoms with Gasteiger partial charge in [-0.05, 0) is 12.1 Å². The molecule has 0 aliphatic carbocycles. The second-order valence-corrected chi connectivity index (χ2v) is 4.80. The Morgan fingerprint density at radius 3 is 2.67 bits per heavy atom. The van der Waals surface area contributed by atoms with E-state index >= 15 is 0 Å². The van der Waals surface area contributed by atoms with Gasteiger partial charge in [0.2, 0.25) is 0 Å². The zero-order valence-corrected chi connectivity index (χ0v) is 8.94. The van der Waals surface area contributed by atoms with Crippen LogP contribution < -0.4 is 0 Å². The van der Waals surface area contributed by atoms with Crippen molar-refractivity contribution >= 4 is 57.4 Å². The zero-order chi connectivity index (χ0) is 8.72. The fraction of sp³-hybridized carbons (Fsp3) is 0. The van der Waals surface area contributed by atoms with Crippen LogP contribution in [0.4, 0.5) is 0 Å². The van der Waals surface area contributed by atoms with Gasteiger partial charge >= 0.3 is 0 Å². The van der Waals surface area contributed by atoms with Gasteiger partial charge in [0.15, 0.2) is 0 Å². The Hall–Kier alpha value is 0.0400. The predicted molar refractivity (Wildman–Crippen MR) is 56.9 cm³/mol. The minimum atomic E-state index is 0.530. The molecule has 0 atom stereocenters. The van der Waals surface area contributed by atoms with Crippen molar-refractivity contribution < 1.29 is 0 Å². The van der Waals surface area contributed by atoms with Crippen molar-refractivity contribution in [3.63, 3.8) is 0 Å². The van der Waals surface area contributed by atoms with E-state index in [2.05, 4.69) is 17.6 Å². The number of halogens is 2. The normalized spacial score (nSPS) is 10.9. The molecule has 0 saturated carbocycles. The molecule has 5 heteroatoms. The van der Waals surface area contributed by atoms with Crippen LogP contribution in [0.1, 0.15) is 0 Å². The van der Waals surface area contributed by atoms with Gasteiger partial charge in [-0.25, -0.2) is 4.98 Å². The summed E-state index contributed by atoms with van der Waals surface area (Å²) in [5.41, 5.74) is 0.847. The maximum Gasteiger partial charge on any atom is 0.148 e. The minimum Gasteiger partial charge on any atom is -0.230 e. The molecule has 2 rings (SSSR count). The SMILES string of the molecule is Sc1nc2cc(Cl)c(Cl)cc2s1. The van der Waals surface area contributed by atoms with Crippen LogP contribution in [0.3, 0.4) is 0 Å². The first-order chi connectivity index (χ1) is 5.66. The highest BCUT2D eigenvalue weighted by Gasteiger charge is 2.04. The summed E-state index contributed by atoms with van der Waals surface area (Å²) in [6.07, 6.45) is 0. The number of rotatable bonds is 0. The molecule has 0 aliphatic heterocycles. The first-order valence-corrected chi connectivity index (χ1v) is 5.13. The van der Waals surface area contributed by atoms with Crippen molar-refractivity contribution in [2.45, 2.75) is 4.34 Å². The van der Waals surface area contributed by atoms with Gasteiger partial charge < -0.3 is 0 Å². The van der Waals surface area contributed by atoms with Crippen LogP contribution in [-0.4, -0.2) is 4.98 Å². The number of benzene rings is 1. The van der Waals surface area contributed by atoms with Crippen molar-refractivity contribution in [1.82, 2.24) is 4.98 Å². The molecule has 0 saturated heterocycles. The van der Waals surface area contributed by atoms with Gasteiger partial charge in [0.1, 0.15) is 4.34 Å².